The summed E-state index contributed by atoms with van der Waals surface area (Å²) in [6, 6.07) is 16.3. The minimum absolute atomic E-state index is 1.01. The van der Waals surface area contributed by atoms with Gasteiger partial charge < -0.3 is 5.32 Å². The van der Waals surface area contributed by atoms with Crippen molar-refractivity contribution in [3.63, 3.8) is 0 Å². The second kappa shape index (κ2) is 5.87. The summed E-state index contributed by atoms with van der Waals surface area (Å²) in [5, 5.41) is 5.53. The third-order valence-corrected chi connectivity index (χ3v) is 2.73. The van der Waals surface area contributed by atoms with Crippen molar-refractivity contribution >= 4 is 24.0 Å². The predicted molar refractivity (Wildman–Crippen MR) is 80.2 cm³/mol. The van der Waals surface area contributed by atoms with Gasteiger partial charge in [0.2, 0.25) is 0 Å². The number of allylic oxidation sites excluding steroid dienone is 2. The third-order valence-electron chi connectivity index (χ3n) is 2.73. The van der Waals surface area contributed by atoms with E-state index >= 15 is 0 Å². The molecule has 2 aromatic rings. The summed E-state index contributed by atoms with van der Waals surface area (Å²) >= 11 is 0. The molecule has 2 aromatic carbocycles. The lowest BCUT2D eigenvalue weighted by Gasteiger charge is -2.06. The van der Waals surface area contributed by atoms with Crippen LogP contribution >= 0.6 is 0 Å². The Kier molecular flexibility index (Phi) is 3.98. The van der Waals surface area contributed by atoms with Crippen molar-refractivity contribution in [2.75, 3.05) is 5.32 Å². The quantitative estimate of drug-likeness (QED) is 0.861. The number of rotatable bonds is 3. The predicted octanol–water partition coefficient (Wildman–Crippen LogP) is 3.20. The molecule has 0 bridgehead atoms. The number of anilines is 2. The molecular weight excluding hydrogens is 218 g/mol. The molecule has 0 aliphatic carbocycles. The number of hydrogen-bond donors (Lipinski definition) is 1. The minimum atomic E-state index is 1.01. The highest BCUT2D eigenvalue weighted by atomic mass is 14.9. The van der Waals surface area contributed by atoms with Crippen molar-refractivity contribution in [2.24, 2.45) is 0 Å². The Labute approximate surface area is 108 Å². The molecule has 0 aromatic heterocycles. The van der Waals surface area contributed by atoms with E-state index in [2.05, 4.69) is 24.0 Å². The molecule has 0 fully saturated rings. The molecule has 90 valence electrons. The van der Waals surface area contributed by atoms with E-state index in [1.807, 2.05) is 61.5 Å². The van der Waals surface area contributed by atoms with Crippen molar-refractivity contribution < 1.29 is 0 Å². The minimum Gasteiger partial charge on any atom is -0.355 e. The van der Waals surface area contributed by atoms with Crippen LogP contribution in [0.25, 0.3) is 12.7 Å². The van der Waals surface area contributed by atoms with Crippen LogP contribution in [0, 0.1) is 0 Å². The van der Waals surface area contributed by atoms with E-state index < -0.39 is 0 Å². The Morgan fingerprint density at radius 1 is 1.00 bits per heavy atom. The van der Waals surface area contributed by atoms with E-state index in [9.17, 15) is 0 Å². The molecule has 1 N–H and O–H groups in total. The summed E-state index contributed by atoms with van der Waals surface area (Å²) in [6.45, 7) is 6.15. The summed E-state index contributed by atoms with van der Waals surface area (Å²) in [4.78, 5) is 0. The highest BCUT2D eigenvalue weighted by molar-refractivity contribution is 5.61. The van der Waals surface area contributed by atoms with Crippen LogP contribution in [0.1, 0.15) is 6.92 Å². The summed E-state index contributed by atoms with van der Waals surface area (Å²) in [6.07, 6.45) is 6.10. The Bertz CT molecular complexity index is 639. The Hall–Kier alpha value is -2.28. The smallest absolute Gasteiger partial charge is 0.0457 e. The van der Waals surface area contributed by atoms with E-state index in [0.717, 1.165) is 21.8 Å². The van der Waals surface area contributed by atoms with Gasteiger partial charge in [-0.1, -0.05) is 55.1 Å². The lowest BCUT2D eigenvalue weighted by Crippen LogP contribution is -2.25. The summed E-state index contributed by atoms with van der Waals surface area (Å²) in [5.41, 5.74) is 2.12. The van der Waals surface area contributed by atoms with Crippen LogP contribution in [0.5, 0.6) is 0 Å². The van der Waals surface area contributed by atoms with Crippen LogP contribution in [0.3, 0.4) is 0 Å². The van der Waals surface area contributed by atoms with Gasteiger partial charge in [0.25, 0.3) is 0 Å². The second-order valence-electron chi connectivity index (χ2n) is 4.06. The van der Waals surface area contributed by atoms with E-state index in [1.165, 1.54) is 0 Å². The van der Waals surface area contributed by atoms with Gasteiger partial charge in [-0.3, -0.25) is 0 Å². The molecule has 0 saturated carbocycles. The van der Waals surface area contributed by atoms with Gasteiger partial charge in [-0.2, -0.15) is 0 Å². The molecule has 0 atom stereocenters. The second-order valence-corrected chi connectivity index (χ2v) is 4.06. The zero-order valence-electron chi connectivity index (χ0n) is 10.6. The molecule has 0 radical (unpaired) electrons. The number of para-hydroxylation sites is 1. The normalized spacial score (nSPS) is 11.9. The summed E-state index contributed by atoms with van der Waals surface area (Å²) in [5.74, 6) is 0. The first-order valence-electron chi connectivity index (χ1n) is 6.04. The van der Waals surface area contributed by atoms with Gasteiger partial charge in [-0.25, -0.2) is 0 Å². The molecule has 18 heavy (non-hydrogen) atoms. The molecule has 2 rings (SSSR count). The van der Waals surface area contributed by atoms with Crippen LogP contribution in [0.15, 0.2) is 60.7 Å². The highest BCUT2D eigenvalue weighted by Crippen LogP contribution is 2.10. The summed E-state index contributed by atoms with van der Waals surface area (Å²) < 4.78 is 0. The number of hydrogen-bond acceptors (Lipinski definition) is 1. The molecule has 1 heteroatoms. The molecule has 0 unspecified atom stereocenters. The number of nitrogens with one attached hydrogen (secondary N) is 1. The average molecular weight is 235 g/mol. The van der Waals surface area contributed by atoms with Gasteiger partial charge in [0, 0.05) is 11.4 Å². The molecule has 0 heterocycles. The van der Waals surface area contributed by atoms with Gasteiger partial charge in [0.1, 0.15) is 0 Å². The first-order chi connectivity index (χ1) is 8.81. The highest BCUT2D eigenvalue weighted by Gasteiger charge is 1.95. The lowest BCUT2D eigenvalue weighted by atomic mass is 10.2. The van der Waals surface area contributed by atoms with Crippen molar-refractivity contribution in [1.82, 2.24) is 0 Å². The van der Waals surface area contributed by atoms with Gasteiger partial charge in [0.15, 0.2) is 0 Å². The maximum Gasteiger partial charge on any atom is 0.0457 e. The third kappa shape index (κ3) is 2.89. The Balaban J connectivity index is 2.39. The SMILES string of the molecule is C=c1c(Nc2ccccc2)ccc/c1=C/C=CC. The van der Waals surface area contributed by atoms with E-state index in [-0.39, 0.29) is 0 Å². The maximum absolute atomic E-state index is 4.14. The van der Waals surface area contributed by atoms with Gasteiger partial charge in [0.05, 0.1) is 0 Å². The zero-order valence-corrected chi connectivity index (χ0v) is 10.6. The fourth-order valence-electron chi connectivity index (χ4n) is 1.75. The number of benzene rings is 2. The van der Waals surface area contributed by atoms with Crippen LogP contribution < -0.4 is 15.8 Å². The lowest BCUT2D eigenvalue weighted by molar-refractivity contribution is 1.47. The fraction of sp³-hybridized carbons (Fsp3) is 0.0588. The topological polar surface area (TPSA) is 12.0 Å². The summed E-state index contributed by atoms with van der Waals surface area (Å²) in [7, 11) is 0. The van der Waals surface area contributed by atoms with Gasteiger partial charge >= 0.3 is 0 Å². The van der Waals surface area contributed by atoms with Crippen LogP contribution in [0.4, 0.5) is 11.4 Å². The first-order valence-corrected chi connectivity index (χ1v) is 6.04. The zero-order chi connectivity index (χ0) is 12.8. The molecule has 0 saturated heterocycles. The molecule has 1 nitrogen and oxygen atoms in total. The van der Waals surface area contributed by atoms with E-state index in [0.29, 0.717) is 0 Å². The van der Waals surface area contributed by atoms with Crippen LogP contribution in [-0.2, 0) is 0 Å². The first kappa shape index (κ1) is 12.2. The van der Waals surface area contributed by atoms with Crippen molar-refractivity contribution in [1.29, 1.82) is 0 Å². The van der Waals surface area contributed by atoms with Gasteiger partial charge in [-0.05, 0) is 35.6 Å². The molecule has 0 aliphatic heterocycles. The van der Waals surface area contributed by atoms with Crippen LogP contribution in [-0.4, -0.2) is 0 Å². The molecule has 0 spiro atoms. The monoisotopic (exact) mass is 235 g/mol. The van der Waals surface area contributed by atoms with E-state index in [4.69, 9.17) is 0 Å². The molecule has 0 amide bonds. The van der Waals surface area contributed by atoms with Gasteiger partial charge in [-0.15, -0.1) is 0 Å². The van der Waals surface area contributed by atoms with Crippen molar-refractivity contribution in [3.05, 3.63) is 71.1 Å². The van der Waals surface area contributed by atoms with Crippen LogP contribution in [0.2, 0.25) is 0 Å². The molecule has 0 aliphatic rings. The Morgan fingerprint density at radius 3 is 2.50 bits per heavy atom. The maximum atomic E-state index is 4.14. The average Bonchev–Trinajstić information content (AvgIpc) is 2.41. The molecular formula is C17H17N. The standard InChI is InChI=1S/C17H17N/c1-3-4-9-15-10-8-13-17(14(15)2)18-16-11-6-5-7-12-16/h3-13,18H,2H2,1H3/b4-3?,15-9-. The van der Waals surface area contributed by atoms with Crippen molar-refractivity contribution in [2.45, 2.75) is 6.92 Å². The Morgan fingerprint density at radius 2 is 1.78 bits per heavy atom. The largest absolute Gasteiger partial charge is 0.355 e. The fourth-order valence-corrected chi connectivity index (χ4v) is 1.75. The van der Waals surface area contributed by atoms with E-state index in [1.54, 1.807) is 0 Å². The van der Waals surface area contributed by atoms with Crippen molar-refractivity contribution in [3.8, 4) is 0 Å².